The number of sulfonamides is 1. The zero-order valence-electron chi connectivity index (χ0n) is 11.5. The summed E-state index contributed by atoms with van der Waals surface area (Å²) >= 11 is 0. The standard InChI is InChI=1S/C14H16N2O4S/c1-11-2-3-12(10-15-11)16-21(18,19)14-6-4-13(5-7-14)20-9-8-17/h2-7,10,16-17H,8-9H2,1H3. The Morgan fingerprint density at radius 2 is 1.90 bits per heavy atom. The lowest BCUT2D eigenvalue weighted by Crippen LogP contribution is -2.13. The summed E-state index contributed by atoms with van der Waals surface area (Å²) < 4.78 is 32.0. The van der Waals surface area contributed by atoms with Crippen LogP contribution in [0.4, 0.5) is 5.69 Å². The van der Waals surface area contributed by atoms with Crippen molar-refractivity contribution in [3.63, 3.8) is 0 Å². The number of nitrogens with zero attached hydrogens (tertiary/aromatic N) is 1. The molecule has 0 aliphatic heterocycles. The van der Waals surface area contributed by atoms with Gasteiger partial charge in [0.2, 0.25) is 0 Å². The molecule has 1 heterocycles. The van der Waals surface area contributed by atoms with Crippen molar-refractivity contribution in [2.24, 2.45) is 0 Å². The van der Waals surface area contributed by atoms with Crippen molar-refractivity contribution in [1.29, 1.82) is 0 Å². The van der Waals surface area contributed by atoms with E-state index in [1.165, 1.54) is 30.5 Å². The number of ether oxygens (including phenoxy) is 1. The Morgan fingerprint density at radius 1 is 1.19 bits per heavy atom. The van der Waals surface area contributed by atoms with E-state index in [0.29, 0.717) is 11.4 Å². The highest BCUT2D eigenvalue weighted by Crippen LogP contribution is 2.19. The van der Waals surface area contributed by atoms with Gasteiger partial charge in [0, 0.05) is 5.69 Å². The molecule has 0 saturated carbocycles. The fourth-order valence-electron chi connectivity index (χ4n) is 1.62. The van der Waals surface area contributed by atoms with Crippen molar-refractivity contribution in [1.82, 2.24) is 4.98 Å². The molecule has 2 aromatic rings. The fourth-order valence-corrected chi connectivity index (χ4v) is 2.66. The lowest BCUT2D eigenvalue weighted by Gasteiger charge is -2.09. The predicted octanol–water partition coefficient (Wildman–Crippen LogP) is 1.56. The number of nitrogens with one attached hydrogen (secondary N) is 1. The second-order valence-electron chi connectivity index (χ2n) is 4.34. The molecule has 2 rings (SSSR count). The van der Waals surface area contributed by atoms with Gasteiger partial charge in [-0.15, -0.1) is 0 Å². The Kier molecular flexibility index (Phi) is 4.77. The van der Waals surface area contributed by atoms with Gasteiger partial charge in [0.15, 0.2) is 0 Å². The van der Waals surface area contributed by atoms with Crippen molar-refractivity contribution in [3.05, 3.63) is 48.3 Å². The molecule has 0 amide bonds. The average molecular weight is 308 g/mol. The van der Waals surface area contributed by atoms with E-state index in [4.69, 9.17) is 9.84 Å². The van der Waals surface area contributed by atoms with Crippen LogP contribution in [0.1, 0.15) is 5.69 Å². The molecule has 0 aliphatic carbocycles. The molecule has 0 atom stereocenters. The lowest BCUT2D eigenvalue weighted by atomic mass is 10.3. The summed E-state index contributed by atoms with van der Waals surface area (Å²) in [5.74, 6) is 0.500. The second kappa shape index (κ2) is 6.55. The second-order valence-corrected chi connectivity index (χ2v) is 6.02. The van der Waals surface area contributed by atoms with E-state index in [1.807, 2.05) is 6.92 Å². The number of hydrogen-bond acceptors (Lipinski definition) is 5. The zero-order chi connectivity index (χ0) is 15.3. The van der Waals surface area contributed by atoms with Gasteiger partial charge in [0.25, 0.3) is 10.0 Å². The molecule has 1 aromatic heterocycles. The Labute approximate surface area is 123 Å². The molecule has 0 aliphatic rings. The fraction of sp³-hybridized carbons (Fsp3) is 0.214. The molecule has 0 fully saturated rings. The van der Waals surface area contributed by atoms with Crippen molar-refractivity contribution < 1.29 is 18.3 Å². The van der Waals surface area contributed by atoms with Gasteiger partial charge in [0.05, 0.1) is 23.4 Å². The van der Waals surface area contributed by atoms with E-state index >= 15 is 0 Å². The van der Waals surface area contributed by atoms with Gasteiger partial charge in [0.1, 0.15) is 12.4 Å². The van der Waals surface area contributed by atoms with E-state index in [-0.39, 0.29) is 18.1 Å². The largest absolute Gasteiger partial charge is 0.491 e. The first-order chi connectivity index (χ1) is 10.0. The molecule has 2 N–H and O–H groups in total. The van der Waals surface area contributed by atoms with Crippen LogP contribution < -0.4 is 9.46 Å². The van der Waals surface area contributed by atoms with Crippen molar-refractivity contribution in [2.75, 3.05) is 17.9 Å². The summed E-state index contributed by atoms with van der Waals surface area (Å²) in [5.41, 5.74) is 1.21. The summed E-state index contributed by atoms with van der Waals surface area (Å²) in [6, 6.07) is 9.34. The molecule has 0 bridgehead atoms. The first-order valence-electron chi connectivity index (χ1n) is 6.30. The van der Waals surface area contributed by atoms with Crippen LogP contribution in [0.2, 0.25) is 0 Å². The van der Waals surface area contributed by atoms with Crippen LogP contribution in [0, 0.1) is 6.92 Å². The molecule has 0 unspecified atom stereocenters. The van der Waals surface area contributed by atoms with E-state index in [0.717, 1.165) is 5.69 Å². The molecule has 7 heteroatoms. The monoisotopic (exact) mass is 308 g/mol. The quantitative estimate of drug-likeness (QED) is 0.845. The number of hydrogen-bond donors (Lipinski definition) is 2. The Hall–Kier alpha value is -2.12. The summed E-state index contributed by atoms with van der Waals surface area (Å²) in [6.07, 6.45) is 1.46. The van der Waals surface area contributed by atoms with Gasteiger partial charge in [-0.3, -0.25) is 9.71 Å². The molecule has 0 spiro atoms. The van der Waals surface area contributed by atoms with Gasteiger partial charge >= 0.3 is 0 Å². The maximum absolute atomic E-state index is 12.2. The van der Waals surface area contributed by atoms with Gasteiger partial charge in [-0.2, -0.15) is 0 Å². The number of aliphatic hydroxyl groups is 1. The third-order valence-electron chi connectivity index (χ3n) is 2.66. The first kappa shape index (κ1) is 15.3. The van der Waals surface area contributed by atoms with Crippen LogP contribution in [0.15, 0.2) is 47.5 Å². The molecule has 6 nitrogen and oxygen atoms in total. The average Bonchev–Trinajstić information content (AvgIpc) is 2.48. The maximum Gasteiger partial charge on any atom is 0.261 e. The number of rotatable bonds is 6. The molecular formula is C14H16N2O4S. The third kappa shape index (κ3) is 4.17. The zero-order valence-corrected chi connectivity index (χ0v) is 12.3. The summed E-state index contributed by atoms with van der Waals surface area (Å²) in [5, 5.41) is 8.66. The van der Waals surface area contributed by atoms with Crippen LogP contribution in [0.25, 0.3) is 0 Å². The molecule has 112 valence electrons. The number of benzene rings is 1. The van der Waals surface area contributed by atoms with Crippen LogP contribution in [-0.2, 0) is 10.0 Å². The van der Waals surface area contributed by atoms with Crippen LogP contribution in [0.3, 0.4) is 0 Å². The minimum Gasteiger partial charge on any atom is -0.491 e. The Balaban J connectivity index is 2.13. The highest BCUT2D eigenvalue weighted by Gasteiger charge is 2.14. The summed E-state index contributed by atoms with van der Waals surface area (Å²) in [4.78, 5) is 4.16. The summed E-state index contributed by atoms with van der Waals surface area (Å²) in [7, 11) is -3.66. The van der Waals surface area contributed by atoms with Crippen LogP contribution >= 0.6 is 0 Å². The van der Waals surface area contributed by atoms with Gasteiger partial charge < -0.3 is 9.84 Å². The molecule has 0 saturated heterocycles. The van der Waals surface area contributed by atoms with E-state index in [1.54, 1.807) is 12.1 Å². The Bertz CT molecular complexity index is 682. The third-order valence-corrected chi connectivity index (χ3v) is 4.05. The highest BCUT2D eigenvalue weighted by molar-refractivity contribution is 7.92. The number of aromatic nitrogens is 1. The summed E-state index contributed by atoms with van der Waals surface area (Å²) in [6.45, 7) is 1.89. The van der Waals surface area contributed by atoms with Gasteiger partial charge in [-0.1, -0.05) is 0 Å². The predicted molar refractivity (Wildman–Crippen MR) is 78.8 cm³/mol. The maximum atomic E-state index is 12.2. The minimum atomic E-state index is -3.66. The minimum absolute atomic E-state index is 0.0952. The number of anilines is 1. The number of aliphatic hydroxyl groups excluding tert-OH is 1. The SMILES string of the molecule is Cc1ccc(NS(=O)(=O)c2ccc(OCCO)cc2)cn1. The number of aryl methyl sites for hydroxylation is 1. The number of pyridine rings is 1. The van der Waals surface area contributed by atoms with Crippen LogP contribution in [-0.4, -0.2) is 31.7 Å². The van der Waals surface area contributed by atoms with Gasteiger partial charge in [-0.05, 0) is 43.3 Å². The molecule has 0 radical (unpaired) electrons. The molecule has 1 aromatic carbocycles. The van der Waals surface area contributed by atoms with Crippen molar-refractivity contribution in [3.8, 4) is 5.75 Å². The topological polar surface area (TPSA) is 88.5 Å². The first-order valence-corrected chi connectivity index (χ1v) is 7.79. The van der Waals surface area contributed by atoms with Crippen molar-refractivity contribution in [2.45, 2.75) is 11.8 Å². The molecular weight excluding hydrogens is 292 g/mol. The Morgan fingerprint density at radius 3 is 2.48 bits per heavy atom. The van der Waals surface area contributed by atoms with Crippen molar-refractivity contribution >= 4 is 15.7 Å². The van der Waals surface area contributed by atoms with E-state index in [9.17, 15) is 8.42 Å². The van der Waals surface area contributed by atoms with E-state index in [2.05, 4.69) is 9.71 Å². The van der Waals surface area contributed by atoms with Crippen LogP contribution in [0.5, 0.6) is 5.75 Å². The molecule has 21 heavy (non-hydrogen) atoms. The van der Waals surface area contributed by atoms with Gasteiger partial charge in [-0.25, -0.2) is 8.42 Å². The smallest absolute Gasteiger partial charge is 0.261 e. The van der Waals surface area contributed by atoms with E-state index < -0.39 is 10.0 Å². The normalized spacial score (nSPS) is 11.1. The highest BCUT2D eigenvalue weighted by atomic mass is 32.2. The lowest BCUT2D eigenvalue weighted by molar-refractivity contribution is 0.201.